The smallest absolute Gasteiger partial charge is 0.303 e. The molecular weight excluding hydrogens is 388 g/mol. The van der Waals surface area contributed by atoms with Crippen molar-refractivity contribution in [1.29, 1.82) is 0 Å². The first-order valence-corrected chi connectivity index (χ1v) is 11.5. The van der Waals surface area contributed by atoms with E-state index in [4.69, 9.17) is 5.11 Å². The predicted molar refractivity (Wildman–Crippen MR) is 106 cm³/mol. The summed E-state index contributed by atoms with van der Waals surface area (Å²) in [5.41, 5.74) is 1.91. The highest BCUT2D eigenvalue weighted by molar-refractivity contribution is 8.16. The van der Waals surface area contributed by atoms with Crippen molar-refractivity contribution in [3.63, 3.8) is 0 Å². The van der Waals surface area contributed by atoms with Crippen LogP contribution in [0.5, 0.6) is 0 Å². The highest BCUT2D eigenvalue weighted by atomic mass is 32.2. The molecule has 0 bridgehead atoms. The quantitative estimate of drug-likeness (QED) is 0.794. The van der Waals surface area contributed by atoms with Crippen LogP contribution >= 0.6 is 11.8 Å². The number of carboxylic acid groups (broad SMARTS) is 1. The number of anilines is 1. The maximum atomic E-state index is 12.1. The summed E-state index contributed by atoms with van der Waals surface area (Å²) >= 11 is 1.30. The van der Waals surface area contributed by atoms with E-state index in [1.54, 1.807) is 0 Å². The Kier molecular flexibility index (Phi) is 5.62. The SMILES string of the molecule is CC(C)c1ccccc1N1C(=NC(=O)CCC(=O)O)SC2CS(=O)(=O)CC21. The van der Waals surface area contributed by atoms with Crippen LogP contribution < -0.4 is 4.90 Å². The lowest BCUT2D eigenvalue weighted by Crippen LogP contribution is -2.38. The van der Waals surface area contributed by atoms with Crippen LogP contribution in [0.25, 0.3) is 0 Å². The molecule has 2 aliphatic rings. The molecule has 2 atom stereocenters. The Morgan fingerprint density at radius 3 is 2.63 bits per heavy atom. The van der Waals surface area contributed by atoms with Crippen molar-refractivity contribution >= 4 is 44.3 Å². The second-order valence-electron chi connectivity index (χ2n) is 7.07. The molecule has 1 N–H and O–H groups in total. The first-order valence-electron chi connectivity index (χ1n) is 8.76. The maximum absolute atomic E-state index is 12.1. The number of para-hydroxylation sites is 1. The summed E-state index contributed by atoms with van der Waals surface area (Å²) in [4.78, 5) is 28.8. The van der Waals surface area contributed by atoms with Gasteiger partial charge in [-0.15, -0.1) is 0 Å². The molecule has 9 heteroatoms. The van der Waals surface area contributed by atoms with Crippen LogP contribution in [0.3, 0.4) is 0 Å². The Bertz CT molecular complexity index is 895. The van der Waals surface area contributed by atoms with Gasteiger partial charge < -0.3 is 10.0 Å². The molecule has 3 rings (SSSR count). The third-order valence-corrected chi connectivity index (χ3v) is 7.87. The summed E-state index contributed by atoms with van der Waals surface area (Å²) in [6.45, 7) is 4.11. The van der Waals surface area contributed by atoms with E-state index in [0.717, 1.165) is 11.3 Å². The normalized spacial score (nSPS) is 25.1. The number of hydrogen-bond donors (Lipinski definition) is 1. The number of carbonyl (C=O) groups is 2. The van der Waals surface area contributed by atoms with Crippen LogP contribution in [0.15, 0.2) is 29.3 Å². The van der Waals surface area contributed by atoms with Crippen LogP contribution in [0.4, 0.5) is 5.69 Å². The fraction of sp³-hybridized carbons (Fsp3) is 0.500. The molecule has 7 nitrogen and oxygen atoms in total. The Morgan fingerprint density at radius 1 is 1.26 bits per heavy atom. The number of carboxylic acids is 1. The van der Waals surface area contributed by atoms with Crippen molar-refractivity contribution in [3.8, 4) is 0 Å². The van der Waals surface area contributed by atoms with E-state index in [9.17, 15) is 18.0 Å². The van der Waals surface area contributed by atoms with E-state index < -0.39 is 21.7 Å². The van der Waals surface area contributed by atoms with Crippen LogP contribution in [0.2, 0.25) is 0 Å². The maximum Gasteiger partial charge on any atom is 0.303 e. The molecular formula is C18H22N2O5S2. The average molecular weight is 411 g/mol. The van der Waals surface area contributed by atoms with Gasteiger partial charge in [0, 0.05) is 17.4 Å². The highest BCUT2D eigenvalue weighted by Gasteiger charge is 2.49. The monoisotopic (exact) mass is 410 g/mol. The predicted octanol–water partition coefficient (Wildman–Crippen LogP) is 2.28. The number of amidine groups is 1. The lowest BCUT2D eigenvalue weighted by molar-refractivity contribution is -0.138. The molecule has 2 heterocycles. The van der Waals surface area contributed by atoms with Gasteiger partial charge in [-0.2, -0.15) is 4.99 Å². The molecule has 1 aromatic carbocycles. The van der Waals surface area contributed by atoms with Gasteiger partial charge in [-0.3, -0.25) is 9.59 Å². The topological polar surface area (TPSA) is 104 Å². The largest absolute Gasteiger partial charge is 0.481 e. The summed E-state index contributed by atoms with van der Waals surface area (Å²) < 4.78 is 24.3. The number of aliphatic carboxylic acids is 1. The number of thioether (sulfide) groups is 1. The van der Waals surface area contributed by atoms with Crippen molar-refractivity contribution in [2.24, 2.45) is 4.99 Å². The zero-order valence-corrected chi connectivity index (χ0v) is 16.8. The summed E-state index contributed by atoms with van der Waals surface area (Å²) in [6, 6.07) is 7.45. The minimum absolute atomic E-state index is 0.0272. The van der Waals surface area contributed by atoms with E-state index >= 15 is 0 Å². The van der Waals surface area contributed by atoms with Crippen LogP contribution in [-0.2, 0) is 19.4 Å². The van der Waals surface area contributed by atoms with Gasteiger partial charge in [0.1, 0.15) is 0 Å². The lowest BCUT2D eigenvalue weighted by atomic mass is 9.99. The Labute approximate surface area is 162 Å². The summed E-state index contributed by atoms with van der Waals surface area (Å²) in [6.07, 6.45) is -0.448. The van der Waals surface area contributed by atoms with Crippen LogP contribution in [-0.4, -0.2) is 53.4 Å². The molecule has 0 saturated carbocycles. The lowest BCUT2D eigenvalue weighted by Gasteiger charge is -2.28. The molecule has 1 aromatic rings. The number of amides is 1. The van der Waals surface area contributed by atoms with E-state index in [1.807, 2.05) is 29.2 Å². The van der Waals surface area contributed by atoms with E-state index in [0.29, 0.717) is 5.17 Å². The van der Waals surface area contributed by atoms with Gasteiger partial charge in [0.2, 0.25) is 5.91 Å². The number of carbonyl (C=O) groups excluding carboxylic acids is 1. The zero-order valence-electron chi connectivity index (χ0n) is 15.2. The Morgan fingerprint density at radius 2 is 1.96 bits per heavy atom. The Hall–Kier alpha value is -1.87. The van der Waals surface area contributed by atoms with E-state index in [2.05, 4.69) is 18.8 Å². The van der Waals surface area contributed by atoms with Crippen LogP contribution in [0.1, 0.15) is 38.2 Å². The van der Waals surface area contributed by atoms with Crippen molar-refractivity contribution in [2.45, 2.75) is 43.9 Å². The highest BCUT2D eigenvalue weighted by Crippen LogP contribution is 2.43. The first-order chi connectivity index (χ1) is 12.7. The molecule has 146 valence electrons. The second-order valence-corrected chi connectivity index (χ2v) is 10.4. The standard InChI is InChI=1S/C18H22N2O5S2/c1-11(2)12-5-3-4-6-13(12)20-14-9-27(24,25)10-15(14)26-18(20)19-16(21)7-8-17(22)23/h3-6,11,14-15H,7-10H2,1-2H3,(H,22,23). The minimum atomic E-state index is -3.13. The summed E-state index contributed by atoms with van der Waals surface area (Å²) in [5, 5.41) is 9.04. The van der Waals surface area contributed by atoms with E-state index in [-0.39, 0.29) is 41.6 Å². The van der Waals surface area contributed by atoms with Gasteiger partial charge in [-0.05, 0) is 17.5 Å². The van der Waals surface area contributed by atoms with Crippen molar-refractivity contribution < 1.29 is 23.1 Å². The molecule has 2 aliphatic heterocycles. The fourth-order valence-corrected chi connectivity index (χ4v) is 7.34. The Balaban J connectivity index is 1.99. The molecule has 2 unspecified atom stereocenters. The molecule has 0 aliphatic carbocycles. The van der Waals surface area contributed by atoms with E-state index in [1.165, 1.54) is 11.8 Å². The van der Waals surface area contributed by atoms with Crippen molar-refractivity contribution in [1.82, 2.24) is 0 Å². The second kappa shape index (κ2) is 7.63. The molecule has 27 heavy (non-hydrogen) atoms. The van der Waals surface area contributed by atoms with Gasteiger partial charge in [0.05, 0.1) is 24.0 Å². The number of hydrogen-bond acceptors (Lipinski definition) is 5. The number of sulfone groups is 1. The molecule has 2 saturated heterocycles. The first kappa shape index (κ1) is 19.9. The summed E-state index contributed by atoms with van der Waals surface area (Å²) in [7, 11) is -3.13. The van der Waals surface area contributed by atoms with Crippen LogP contribution in [0, 0.1) is 0 Å². The molecule has 1 amide bonds. The number of fused-ring (bicyclic) bond motifs is 1. The third-order valence-electron chi connectivity index (χ3n) is 4.66. The van der Waals surface area contributed by atoms with Gasteiger partial charge in [0.25, 0.3) is 0 Å². The third kappa shape index (κ3) is 4.35. The molecule has 2 fully saturated rings. The zero-order chi connectivity index (χ0) is 19.8. The van der Waals surface area contributed by atoms with Gasteiger partial charge >= 0.3 is 5.97 Å². The molecule has 0 radical (unpaired) electrons. The minimum Gasteiger partial charge on any atom is -0.481 e. The van der Waals surface area contributed by atoms with Gasteiger partial charge in [-0.25, -0.2) is 8.42 Å². The fourth-order valence-electron chi connectivity index (χ4n) is 3.42. The number of nitrogens with zero attached hydrogens (tertiary/aromatic N) is 2. The van der Waals surface area contributed by atoms with Crippen molar-refractivity contribution in [3.05, 3.63) is 29.8 Å². The van der Waals surface area contributed by atoms with Crippen molar-refractivity contribution in [2.75, 3.05) is 16.4 Å². The molecule has 0 aromatic heterocycles. The summed E-state index contributed by atoms with van der Waals surface area (Å²) in [5.74, 6) is -1.25. The number of benzene rings is 1. The van der Waals surface area contributed by atoms with Gasteiger partial charge in [0.15, 0.2) is 15.0 Å². The number of aliphatic imine (C=N–C) groups is 1. The van der Waals surface area contributed by atoms with Gasteiger partial charge in [-0.1, -0.05) is 43.8 Å². The number of rotatable bonds is 5. The molecule has 0 spiro atoms. The average Bonchev–Trinajstić information content (AvgIpc) is 3.03.